The van der Waals surface area contributed by atoms with Gasteiger partial charge >= 0.3 is 6.09 Å². The molecule has 0 spiro atoms. The maximum Gasteiger partial charge on any atom is 0.416 e. The molecule has 1 saturated heterocycles. The average molecular weight is 357 g/mol. The summed E-state index contributed by atoms with van der Waals surface area (Å²) in [5, 5.41) is 4.39. The molecule has 26 heavy (non-hydrogen) atoms. The lowest BCUT2D eigenvalue weighted by molar-refractivity contribution is -0.133. The standard InChI is InChI=1S/C18H23N5O3/c1-13-12-16(23(20-13)15-6-4-3-5-7-15)26-18(25)22-10-8-21(9-11-22)17(24)14(2)19/h3-7,12,14H,8-11,19H2,1-2H3. The molecule has 8 nitrogen and oxygen atoms in total. The number of benzene rings is 1. The topological polar surface area (TPSA) is 93.7 Å². The van der Waals surface area contributed by atoms with Gasteiger partial charge in [-0.1, -0.05) is 18.2 Å². The van der Waals surface area contributed by atoms with E-state index in [-0.39, 0.29) is 5.91 Å². The molecule has 1 unspecified atom stereocenters. The molecule has 0 aliphatic carbocycles. The highest BCUT2D eigenvalue weighted by Gasteiger charge is 2.27. The van der Waals surface area contributed by atoms with Crippen LogP contribution in [-0.2, 0) is 4.79 Å². The van der Waals surface area contributed by atoms with Crippen LogP contribution >= 0.6 is 0 Å². The maximum atomic E-state index is 12.5. The Morgan fingerprint density at radius 3 is 2.35 bits per heavy atom. The first-order valence-electron chi connectivity index (χ1n) is 8.59. The fourth-order valence-corrected chi connectivity index (χ4v) is 2.85. The van der Waals surface area contributed by atoms with Gasteiger partial charge in [-0.2, -0.15) is 5.10 Å². The van der Waals surface area contributed by atoms with E-state index in [1.54, 1.807) is 27.5 Å². The number of aromatic nitrogens is 2. The Labute approximate surface area is 152 Å². The number of hydrogen-bond acceptors (Lipinski definition) is 5. The highest BCUT2D eigenvalue weighted by molar-refractivity contribution is 5.81. The average Bonchev–Trinajstić information content (AvgIpc) is 3.02. The summed E-state index contributed by atoms with van der Waals surface area (Å²) in [6.07, 6.45) is -0.449. The van der Waals surface area contributed by atoms with E-state index in [9.17, 15) is 9.59 Å². The van der Waals surface area contributed by atoms with Crippen molar-refractivity contribution >= 4 is 12.0 Å². The van der Waals surface area contributed by atoms with Crippen LogP contribution < -0.4 is 10.5 Å². The SMILES string of the molecule is Cc1cc(OC(=O)N2CCN(C(=O)C(C)N)CC2)n(-c2ccccc2)n1. The van der Waals surface area contributed by atoms with E-state index < -0.39 is 12.1 Å². The van der Waals surface area contributed by atoms with Gasteiger partial charge in [0.15, 0.2) is 0 Å². The van der Waals surface area contributed by atoms with Crippen molar-refractivity contribution in [3.8, 4) is 11.6 Å². The van der Waals surface area contributed by atoms with Gasteiger partial charge in [-0.15, -0.1) is 0 Å². The minimum absolute atomic E-state index is 0.101. The zero-order valence-corrected chi connectivity index (χ0v) is 15.0. The Kier molecular flexibility index (Phi) is 5.22. The Hall–Kier alpha value is -2.87. The van der Waals surface area contributed by atoms with Crippen LogP contribution in [0.4, 0.5) is 4.79 Å². The molecule has 3 rings (SSSR count). The van der Waals surface area contributed by atoms with Crippen molar-refractivity contribution in [1.29, 1.82) is 0 Å². The minimum atomic E-state index is -0.531. The molecule has 1 atom stereocenters. The number of amides is 2. The van der Waals surface area contributed by atoms with Crippen molar-refractivity contribution in [2.45, 2.75) is 19.9 Å². The Morgan fingerprint density at radius 1 is 1.12 bits per heavy atom. The number of hydrogen-bond donors (Lipinski definition) is 1. The second kappa shape index (κ2) is 7.57. The van der Waals surface area contributed by atoms with Crippen LogP contribution in [0.1, 0.15) is 12.6 Å². The summed E-state index contributed by atoms with van der Waals surface area (Å²) in [5.74, 6) is 0.267. The van der Waals surface area contributed by atoms with Gasteiger partial charge in [-0.25, -0.2) is 9.48 Å². The van der Waals surface area contributed by atoms with E-state index in [1.165, 1.54) is 0 Å². The molecular weight excluding hydrogens is 334 g/mol. The molecule has 0 saturated carbocycles. The quantitative estimate of drug-likeness (QED) is 0.890. The van der Waals surface area contributed by atoms with Crippen LogP contribution in [0.25, 0.3) is 5.69 Å². The van der Waals surface area contributed by atoms with E-state index in [0.717, 1.165) is 11.4 Å². The molecule has 1 aliphatic rings. The highest BCUT2D eigenvalue weighted by atomic mass is 16.6. The van der Waals surface area contributed by atoms with Crippen molar-refractivity contribution in [3.63, 3.8) is 0 Å². The predicted molar refractivity (Wildman–Crippen MR) is 96.1 cm³/mol. The van der Waals surface area contributed by atoms with Gasteiger partial charge in [-0.3, -0.25) is 4.79 Å². The first kappa shape index (κ1) is 17.9. The number of carbonyl (C=O) groups excluding carboxylic acids is 2. The third-order valence-corrected chi connectivity index (χ3v) is 4.23. The molecule has 1 aliphatic heterocycles. The minimum Gasteiger partial charge on any atom is -0.391 e. The second-order valence-electron chi connectivity index (χ2n) is 6.34. The van der Waals surface area contributed by atoms with Crippen LogP contribution in [0.2, 0.25) is 0 Å². The van der Waals surface area contributed by atoms with Gasteiger partial charge in [-0.05, 0) is 26.0 Å². The van der Waals surface area contributed by atoms with Gasteiger partial charge in [0.2, 0.25) is 11.8 Å². The number of rotatable bonds is 3. The maximum absolute atomic E-state index is 12.5. The molecule has 2 aromatic rings. The largest absolute Gasteiger partial charge is 0.416 e. The van der Waals surface area contributed by atoms with Crippen molar-refractivity contribution in [2.75, 3.05) is 26.2 Å². The molecule has 2 N–H and O–H groups in total. The third-order valence-electron chi connectivity index (χ3n) is 4.23. The first-order chi connectivity index (χ1) is 12.5. The lowest BCUT2D eigenvalue weighted by atomic mass is 10.2. The smallest absolute Gasteiger partial charge is 0.391 e. The Morgan fingerprint density at radius 2 is 1.73 bits per heavy atom. The number of piperazine rings is 1. The molecule has 2 amide bonds. The lowest BCUT2D eigenvalue weighted by Gasteiger charge is -2.34. The zero-order valence-electron chi connectivity index (χ0n) is 15.0. The number of aryl methyl sites for hydroxylation is 1. The van der Waals surface area contributed by atoms with Crippen molar-refractivity contribution in [3.05, 3.63) is 42.1 Å². The van der Waals surface area contributed by atoms with E-state index in [1.807, 2.05) is 37.3 Å². The fourth-order valence-electron chi connectivity index (χ4n) is 2.85. The lowest BCUT2D eigenvalue weighted by Crippen LogP contribution is -2.54. The summed E-state index contributed by atoms with van der Waals surface area (Å²) in [5.41, 5.74) is 7.20. The van der Waals surface area contributed by atoms with Gasteiger partial charge < -0.3 is 20.3 Å². The predicted octanol–water partition coefficient (Wildman–Crippen LogP) is 1.17. The summed E-state index contributed by atoms with van der Waals surface area (Å²) in [4.78, 5) is 27.7. The molecule has 0 radical (unpaired) electrons. The van der Waals surface area contributed by atoms with Crippen molar-refractivity contribution in [1.82, 2.24) is 19.6 Å². The van der Waals surface area contributed by atoms with E-state index >= 15 is 0 Å². The van der Waals surface area contributed by atoms with Crippen LogP contribution in [0.5, 0.6) is 5.88 Å². The monoisotopic (exact) mass is 357 g/mol. The van der Waals surface area contributed by atoms with E-state index in [0.29, 0.717) is 32.1 Å². The van der Waals surface area contributed by atoms with Crippen molar-refractivity contribution < 1.29 is 14.3 Å². The molecule has 2 heterocycles. The molecule has 0 bridgehead atoms. The number of ether oxygens (including phenoxy) is 1. The summed E-state index contributed by atoms with van der Waals surface area (Å²) in [6.45, 7) is 5.23. The van der Waals surface area contributed by atoms with Gasteiger partial charge in [0.05, 0.1) is 17.4 Å². The number of carbonyl (C=O) groups is 2. The highest BCUT2D eigenvalue weighted by Crippen LogP contribution is 2.20. The molecule has 1 aromatic carbocycles. The summed E-state index contributed by atoms with van der Waals surface area (Å²) in [7, 11) is 0. The number of nitrogens with zero attached hydrogens (tertiary/aromatic N) is 4. The third kappa shape index (κ3) is 3.85. The Bertz CT molecular complexity index is 779. The van der Waals surface area contributed by atoms with E-state index in [4.69, 9.17) is 10.5 Å². The van der Waals surface area contributed by atoms with Crippen LogP contribution in [0.15, 0.2) is 36.4 Å². The fraction of sp³-hybridized carbons (Fsp3) is 0.389. The van der Waals surface area contributed by atoms with Gasteiger partial charge in [0.1, 0.15) is 0 Å². The molecule has 1 fully saturated rings. The number of nitrogens with two attached hydrogens (primary N) is 1. The molecule has 8 heteroatoms. The zero-order chi connectivity index (χ0) is 18.7. The molecule has 138 valence electrons. The van der Waals surface area contributed by atoms with Gasteiger partial charge in [0, 0.05) is 32.2 Å². The van der Waals surface area contributed by atoms with Gasteiger partial charge in [0.25, 0.3) is 0 Å². The first-order valence-corrected chi connectivity index (χ1v) is 8.59. The van der Waals surface area contributed by atoms with Crippen molar-refractivity contribution in [2.24, 2.45) is 5.73 Å². The Balaban J connectivity index is 1.66. The normalized spacial score (nSPS) is 15.7. The summed E-state index contributed by atoms with van der Waals surface area (Å²) in [6, 6.07) is 10.7. The van der Waals surface area contributed by atoms with Crippen LogP contribution in [-0.4, -0.2) is 63.8 Å². The summed E-state index contributed by atoms with van der Waals surface area (Å²) < 4.78 is 7.16. The molecular formula is C18H23N5O3. The molecule has 1 aromatic heterocycles. The summed E-state index contributed by atoms with van der Waals surface area (Å²) >= 11 is 0. The van der Waals surface area contributed by atoms with Crippen LogP contribution in [0, 0.1) is 6.92 Å². The second-order valence-corrected chi connectivity index (χ2v) is 6.34. The number of para-hydroxylation sites is 1. The van der Waals surface area contributed by atoms with Crippen LogP contribution in [0.3, 0.4) is 0 Å². The van der Waals surface area contributed by atoms with E-state index in [2.05, 4.69) is 5.10 Å².